The van der Waals surface area contributed by atoms with Crippen LogP contribution in [0.3, 0.4) is 0 Å². The fourth-order valence-corrected chi connectivity index (χ4v) is 3.47. The first-order valence-electron chi connectivity index (χ1n) is 8.65. The summed E-state index contributed by atoms with van der Waals surface area (Å²) in [6.07, 6.45) is 0. The van der Waals surface area contributed by atoms with E-state index in [-0.39, 0.29) is 16.8 Å². The number of aromatic nitrogens is 1. The van der Waals surface area contributed by atoms with Gasteiger partial charge in [0.1, 0.15) is 11.6 Å². The molecule has 0 aliphatic heterocycles. The minimum Gasteiger partial charge on any atom is -0.478 e. The maximum Gasteiger partial charge on any atom is 0.336 e. The Morgan fingerprint density at radius 2 is 1.54 bits per heavy atom. The molecule has 1 heterocycles. The average Bonchev–Trinajstić information content (AvgIpc) is 2.68. The van der Waals surface area contributed by atoms with Crippen LogP contribution in [-0.2, 0) is 0 Å². The van der Waals surface area contributed by atoms with Gasteiger partial charge in [-0.1, -0.05) is 42.5 Å². The molecule has 0 spiro atoms. The largest absolute Gasteiger partial charge is 0.478 e. The molecule has 0 unspecified atom stereocenters. The molecule has 4 rings (SSSR count). The van der Waals surface area contributed by atoms with Crippen molar-refractivity contribution in [3.63, 3.8) is 0 Å². The number of carboxylic acid groups (broad SMARTS) is 1. The highest BCUT2D eigenvalue weighted by Crippen LogP contribution is 2.36. The minimum absolute atomic E-state index is 0.0113. The molecular formula is C23H15F2NO2. The average molecular weight is 375 g/mol. The van der Waals surface area contributed by atoms with Crippen LogP contribution < -0.4 is 0 Å². The number of halogens is 2. The van der Waals surface area contributed by atoms with Crippen molar-refractivity contribution in [2.45, 2.75) is 6.92 Å². The second kappa shape index (κ2) is 6.85. The van der Waals surface area contributed by atoms with E-state index in [0.29, 0.717) is 33.5 Å². The van der Waals surface area contributed by atoms with Crippen molar-refractivity contribution >= 4 is 16.9 Å². The zero-order valence-corrected chi connectivity index (χ0v) is 14.9. The standard InChI is InChI=1S/C23H15F2NO2/c1-13-21(23(27)28)18-12-14(24)10-11-20(18)26-22(13)17-8-3-2-6-15(17)16-7-4-5-9-19(16)25/h2-12H,1H3,(H,27,28). The molecule has 4 aromatic rings. The first-order chi connectivity index (χ1) is 13.5. The molecule has 0 amide bonds. The highest BCUT2D eigenvalue weighted by molar-refractivity contribution is 6.06. The van der Waals surface area contributed by atoms with E-state index in [4.69, 9.17) is 0 Å². The van der Waals surface area contributed by atoms with Crippen LogP contribution in [0.4, 0.5) is 8.78 Å². The van der Waals surface area contributed by atoms with Gasteiger partial charge in [-0.15, -0.1) is 0 Å². The Hall–Kier alpha value is -3.60. The summed E-state index contributed by atoms with van der Waals surface area (Å²) < 4.78 is 28.1. The van der Waals surface area contributed by atoms with Crippen LogP contribution in [-0.4, -0.2) is 16.1 Å². The highest BCUT2D eigenvalue weighted by Gasteiger charge is 2.21. The van der Waals surface area contributed by atoms with Crippen molar-refractivity contribution in [1.82, 2.24) is 4.98 Å². The third kappa shape index (κ3) is 2.91. The zero-order valence-electron chi connectivity index (χ0n) is 14.9. The topological polar surface area (TPSA) is 50.2 Å². The van der Waals surface area contributed by atoms with Crippen molar-refractivity contribution in [2.24, 2.45) is 0 Å². The minimum atomic E-state index is -1.17. The summed E-state index contributed by atoms with van der Waals surface area (Å²) in [7, 11) is 0. The molecule has 0 bridgehead atoms. The van der Waals surface area contributed by atoms with Crippen LogP contribution in [0.25, 0.3) is 33.3 Å². The second-order valence-electron chi connectivity index (χ2n) is 6.45. The van der Waals surface area contributed by atoms with Gasteiger partial charge in [0.25, 0.3) is 0 Å². The number of carbonyl (C=O) groups is 1. The molecule has 138 valence electrons. The van der Waals surface area contributed by atoms with E-state index in [0.717, 1.165) is 0 Å². The van der Waals surface area contributed by atoms with Crippen LogP contribution in [0.2, 0.25) is 0 Å². The molecule has 0 aliphatic carbocycles. The summed E-state index contributed by atoms with van der Waals surface area (Å²) in [6, 6.07) is 17.4. The molecule has 0 saturated carbocycles. The Balaban J connectivity index is 2.07. The number of benzene rings is 3. The summed E-state index contributed by atoms with van der Waals surface area (Å²) in [5, 5.41) is 9.98. The van der Waals surface area contributed by atoms with E-state index in [9.17, 15) is 18.7 Å². The van der Waals surface area contributed by atoms with Crippen LogP contribution in [0.1, 0.15) is 15.9 Å². The number of aromatic carboxylic acids is 1. The third-order valence-corrected chi connectivity index (χ3v) is 4.75. The molecule has 0 atom stereocenters. The Morgan fingerprint density at radius 1 is 0.893 bits per heavy atom. The number of rotatable bonds is 3. The van der Waals surface area contributed by atoms with Gasteiger partial charge in [0, 0.05) is 16.5 Å². The van der Waals surface area contributed by atoms with Crippen molar-refractivity contribution in [1.29, 1.82) is 0 Å². The van der Waals surface area contributed by atoms with Crippen molar-refractivity contribution < 1.29 is 18.7 Å². The molecule has 0 saturated heterocycles. The van der Waals surface area contributed by atoms with Gasteiger partial charge in [0.15, 0.2) is 0 Å². The SMILES string of the molecule is Cc1c(-c2ccccc2-c2ccccc2F)nc2ccc(F)cc2c1C(=O)O. The van der Waals surface area contributed by atoms with Gasteiger partial charge in [0.05, 0.1) is 16.8 Å². The fraction of sp³-hybridized carbons (Fsp3) is 0.0435. The summed E-state index contributed by atoms with van der Waals surface area (Å²) >= 11 is 0. The quantitative estimate of drug-likeness (QED) is 0.488. The third-order valence-electron chi connectivity index (χ3n) is 4.75. The Labute approximate surface area is 159 Å². The Morgan fingerprint density at radius 3 is 2.21 bits per heavy atom. The summed E-state index contributed by atoms with van der Waals surface area (Å²) in [5.41, 5.74) is 2.79. The number of pyridine rings is 1. The molecule has 1 aromatic heterocycles. The van der Waals surface area contributed by atoms with Crippen LogP contribution in [0.15, 0.2) is 66.7 Å². The molecule has 3 aromatic carbocycles. The zero-order chi connectivity index (χ0) is 19.8. The lowest BCUT2D eigenvalue weighted by Gasteiger charge is -2.15. The smallest absolute Gasteiger partial charge is 0.336 e. The lowest BCUT2D eigenvalue weighted by molar-refractivity contribution is 0.0698. The summed E-state index contributed by atoms with van der Waals surface area (Å²) in [4.78, 5) is 16.5. The Kier molecular flexibility index (Phi) is 4.35. The normalized spacial score (nSPS) is 11.0. The molecular weight excluding hydrogens is 360 g/mol. The molecule has 0 radical (unpaired) electrons. The van der Waals surface area contributed by atoms with Gasteiger partial charge in [-0.05, 0) is 42.3 Å². The predicted octanol–water partition coefficient (Wildman–Crippen LogP) is 5.85. The molecule has 0 fully saturated rings. The molecule has 1 N–H and O–H groups in total. The Bertz CT molecular complexity index is 1230. The lowest BCUT2D eigenvalue weighted by Crippen LogP contribution is -2.05. The first kappa shape index (κ1) is 17.8. The molecule has 5 heteroatoms. The van der Waals surface area contributed by atoms with Crippen LogP contribution in [0.5, 0.6) is 0 Å². The number of hydrogen-bond acceptors (Lipinski definition) is 2. The van der Waals surface area contributed by atoms with Crippen LogP contribution >= 0.6 is 0 Å². The second-order valence-corrected chi connectivity index (χ2v) is 6.45. The maximum atomic E-state index is 14.4. The van der Waals surface area contributed by atoms with Crippen LogP contribution in [0, 0.1) is 18.6 Å². The van der Waals surface area contributed by atoms with Crippen molar-refractivity contribution in [3.8, 4) is 22.4 Å². The number of hydrogen-bond donors (Lipinski definition) is 1. The van der Waals surface area contributed by atoms with Gasteiger partial charge in [-0.3, -0.25) is 0 Å². The highest BCUT2D eigenvalue weighted by atomic mass is 19.1. The molecule has 0 aliphatic rings. The molecule has 3 nitrogen and oxygen atoms in total. The van der Waals surface area contributed by atoms with Gasteiger partial charge in [-0.25, -0.2) is 18.6 Å². The fourth-order valence-electron chi connectivity index (χ4n) is 3.47. The predicted molar refractivity (Wildman–Crippen MR) is 104 cm³/mol. The van der Waals surface area contributed by atoms with Crippen molar-refractivity contribution in [2.75, 3.05) is 0 Å². The van der Waals surface area contributed by atoms with E-state index >= 15 is 0 Å². The summed E-state index contributed by atoms with van der Waals surface area (Å²) in [5.74, 6) is -2.08. The number of fused-ring (bicyclic) bond motifs is 1. The van der Waals surface area contributed by atoms with Crippen molar-refractivity contribution in [3.05, 3.63) is 89.5 Å². The summed E-state index contributed by atoms with van der Waals surface area (Å²) in [6.45, 7) is 1.63. The van der Waals surface area contributed by atoms with E-state index in [1.54, 1.807) is 49.4 Å². The van der Waals surface area contributed by atoms with E-state index in [1.165, 1.54) is 24.3 Å². The first-order valence-corrected chi connectivity index (χ1v) is 8.65. The number of nitrogens with zero attached hydrogens (tertiary/aromatic N) is 1. The van der Waals surface area contributed by atoms with E-state index < -0.39 is 11.8 Å². The van der Waals surface area contributed by atoms with Gasteiger partial charge in [-0.2, -0.15) is 0 Å². The monoisotopic (exact) mass is 375 g/mol. The number of carboxylic acids is 1. The van der Waals surface area contributed by atoms with Gasteiger partial charge in [0.2, 0.25) is 0 Å². The van der Waals surface area contributed by atoms with Gasteiger partial charge >= 0.3 is 5.97 Å². The maximum absolute atomic E-state index is 14.4. The molecule has 28 heavy (non-hydrogen) atoms. The van der Waals surface area contributed by atoms with Gasteiger partial charge < -0.3 is 5.11 Å². The van der Waals surface area contributed by atoms with E-state index in [2.05, 4.69) is 4.98 Å². The van der Waals surface area contributed by atoms with E-state index in [1.807, 2.05) is 0 Å². The lowest BCUT2D eigenvalue weighted by atomic mass is 9.92.